The van der Waals surface area contributed by atoms with Crippen molar-refractivity contribution < 1.29 is 39.5 Å². The second-order valence-electron chi connectivity index (χ2n) is 9.80. The molecule has 3 N–H and O–H groups in total. The molecule has 1 aromatic heterocycles. The van der Waals surface area contributed by atoms with Crippen molar-refractivity contribution in [3.63, 3.8) is 0 Å². The van der Waals surface area contributed by atoms with Gasteiger partial charge in [-0.05, 0) is 48.7 Å². The Morgan fingerprint density at radius 3 is 2.26 bits per heavy atom. The molecule has 1 aliphatic rings. The second-order valence-corrected chi connectivity index (χ2v) is 14.4. The van der Waals surface area contributed by atoms with Gasteiger partial charge in [-0.1, -0.05) is 48.9 Å². The van der Waals surface area contributed by atoms with Gasteiger partial charge < -0.3 is 15.0 Å². The molecule has 0 saturated carbocycles. The number of anilines is 1. The van der Waals surface area contributed by atoms with Gasteiger partial charge in [-0.25, -0.2) is 27.0 Å². The summed E-state index contributed by atoms with van der Waals surface area (Å²) in [4.78, 5) is 19.1. The summed E-state index contributed by atoms with van der Waals surface area (Å²) in [6.45, 7) is 3.33. The number of amides is 1. The number of alkyl halides is 3. The van der Waals surface area contributed by atoms with E-state index in [2.05, 4.69) is 22.0 Å². The molecule has 2 aromatic carbocycles. The number of carbonyl (C=O) groups is 1. The van der Waals surface area contributed by atoms with Crippen LogP contribution in [-0.2, 0) is 37.8 Å². The molecule has 0 unspecified atom stereocenters. The molecule has 17 heteroatoms. The van der Waals surface area contributed by atoms with Crippen LogP contribution in [0.15, 0.2) is 57.6 Å². The molecule has 0 bridgehead atoms. The summed E-state index contributed by atoms with van der Waals surface area (Å²) in [6.07, 6.45) is -3.06. The van der Waals surface area contributed by atoms with Crippen molar-refractivity contribution in [3.8, 4) is 5.75 Å². The third-order valence-electron chi connectivity index (χ3n) is 6.60. The van der Waals surface area contributed by atoms with Gasteiger partial charge in [0, 0.05) is 26.2 Å². The number of benzene rings is 2. The number of carbonyl (C=O) groups excluding carboxylic acids is 1. The standard InChI is InChI=1S/C26H30F3N5O6S3/c1-3-4-18-5-7-19(8-6-18)15-31-23(35)22-16-33(25-32-17(2)24(41-25)42(30,36)37)13-14-34(22)43(38,39)21-11-9-20(10-12-21)40-26(27,28)29/h5-12,22H,3-4,13-16H2,1-2H3,(H,31,35)(H2,30,36,37)/t22-/m1/s1. The lowest BCUT2D eigenvalue weighted by Gasteiger charge is -2.39. The molecule has 4 rings (SSSR count). The summed E-state index contributed by atoms with van der Waals surface area (Å²) in [7, 11) is -8.42. The van der Waals surface area contributed by atoms with Crippen LogP contribution in [0.5, 0.6) is 5.75 Å². The first-order valence-corrected chi connectivity index (χ1v) is 16.9. The zero-order chi connectivity index (χ0) is 31.6. The first kappa shape index (κ1) is 32.7. The number of rotatable bonds is 10. The number of sulfonamides is 2. The number of ether oxygens (including phenoxy) is 1. The van der Waals surface area contributed by atoms with E-state index in [9.17, 15) is 34.8 Å². The quantitative estimate of drug-likeness (QED) is 0.336. The number of halogens is 3. The summed E-state index contributed by atoms with van der Waals surface area (Å²) in [5, 5.41) is 8.30. The Bertz CT molecular complexity index is 1660. The molecule has 0 radical (unpaired) electrons. The maximum atomic E-state index is 13.7. The lowest BCUT2D eigenvalue weighted by Crippen LogP contribution is -2.60. The lowest BCUT2D eigenvalue weighted by atomic mass is 10.1. The highest BCUT2D eigenvalue weighted by molar-refractivity contribution is 7.91. The number of aryl methyl sites for hydroxylation is 2. The van der Waals surface area contributed by atoms with E-state index >= 15 is 0 Å². The van der Waals surface area contributed by atoms with Gasteiger partial charge in [0.15, 0.2) is 9.34 Å². The molecule has 0 aliphatic carbocycles. The van der Waals surface area contributed by atoms with E-state index in [1.54, 1.807) is 4.90 Å². The fourth-order valence-electron chi connectivity index (χ4n) is 4.58. The van der Waals surface area contributed by atoms with Crippen molar-refractivity contribution in [2.24, 2.45) is 5.14 Å². The summed E-state index contributed by atoms with van der Waals surface area (Å²) >= 11 is 0.810. The predicted molar refractivity (Wildman–Crippen MR) is 154 cm³/mol. The monoisotopic (exact) mass is 661 g/mol. The highest BCUT2D eigenvalue weighted by Gasteiger charge is 2.41. The van der Waals surface area contributed by atoms with Crippen molar-refractivity contribution in [3.05, 3.63) is 65.4 Å². The van der Waals surface area contributed by atoms with Crippen LogP contribution in [0.1, 0.15) is 30.2 Å². The number of nitrogens with two attached hydrogens (primary N) is 1. The Morgan fingerprint density at radius 1 is 1.07 bits per heavy atom. The number of piperazine rings is 1. The largest absolute Gasteiger partial charge is 0.573 e. The number of primary sulfonamides is 1. The SMILES string of the molecule is CCCc1ccc(CNC(=O)[C@H]2CN(c3nc(C)c(S(N)(=O)=O)s3)CCN2S(=O)(=O)c2ccc(OC(F)(F)F)cc2)cc1. The fourth-order valence-corrected chi connectivity index (χ4v) is 8.13. The average molecular weight is 662 g/mol. The maximum Gasteiger partial charge on any atom is 0.573 e. The van der Waals surface area contributed by atoms with Gasteiger partial charge in [0.2, 0.25) is 26.0 Å². The normalized spacial score (nSPS) is 16.7. The van der Waals surface area contributed by atoms with Crippen molar-refractivity contribution >= 4 is 42.4 Å². The summed E-state index contributed by atoms with van der Waals surface area (Å²) in [5.41, 5.74) is 2.11. The van der Waals surface area contributed by atoms with E-state index in [4.69, 9.17) is 5.14 Å². The van der Waals surface area contributed by atoms with Crippen molar-refractivity contribution in [2.45, 2.75) is 54.7 Å². The number of aromatic nitrogens is 1. The van der Waals surface area contributed by atoms with Crippen LogP contribution in [-0.4, -0.2) is 64.1 Å². The Kier molecular flexibility index (Phi) is 9.70. The summed E-state index contributed by atoms with van der Waals surface area (Å²) in [5.74, 6) is -1.22. The number of nitrogens with zero attached hydrogens (tertiary/aromatic N) is 3. The van der Waals surface area contributed by atoms with Crippen LogP contribution in [0.25, 0.3) is 0 Å². The molecular weight excluding hydrogens is 632 g/mol. The average Bonchev–Trinajstić information content (AvgIpc) is 3.34. The molecule has 0 spiro atoms. The third-order valence-corrected chi connectivity index (χ3v) is 11.3. The van der Waals surface area contributed by atoms with Gasteiger partial charge in [-0.2, -0.15) is 4.31 Å². The Balaban J connectivity index is 1.60. The number of hydrogen-bond acceptors (Lipinski definition) is 9. The van der Waals surface area contributed by atoms with Gasteiger partial charge in [0.25, 0.3) is 0 Å². The van der Waals surface area contributed by atoms with E-state index in [1.807, 2.05) is 24.3 Å². The van der Waals surface area contributed by atoms with Gasteiger partial charge in [-0.15, -0.1) is 13.2 Å². The minimum atomic E-state index is -4.95. The van der Waals surface area contributed by atoms with Crippen molar-refractivity contribution in [1.82, 2.24) is 14.6 Å². The van der Waals surface area contributed by atoms with Crippen LogP contribution in [0.3, 0.4) is 0 Å². The van der Waals surface area contributed by atoms with Crippen LogP contribution in [0.4, 0.5) is 18.3 Å². The molecule has 2 heterocycles. The Hall–Kier alpha value is -3.25. The zero-order valence-corrected chi connectivity index (χ0v) is 25.6. The van der Waals surface area contributed by atoms with Crippen LogP contribution >= 0.6 is 11.3 Å². The van der Waals surface area contributed by atoms with E-state index in [0.29, 0.717) is 0 Å². The topological polar surface area (TPSA) is 152 Å². The molecule has 1 atom stereocenters. The van der Waals surface area contributed by atoms with E-state index < -0.39 is 44.1 Å². The van der Waals surface area contributed by atoms with Crippen molar-refractivity contribution in [2.75, 3.05) is 24.5 Å². The number of hydrogen-bond donors (Lipinski definition) is 2. The number of thiazole rings is 1. The van der Waals surface area contributed by atoms with E-state index in [-0.39, 0.29) is 46.1 Å². The molecular formula is C26H30F3N5O6S3. The maximum absolute atomic E-state index is 13.7. The van der Waals surface area contributed by atoms with Crippen LogP contribution < -0.4 is 20.1 Å². The lowest BCUT2D eigenvalue weighted by molar-refractivity contribution is -0.274. The Labute approximate surface area is 251 Å². The molecule has 234 valence electrons. The van der Waals surface area contributed by atoms with Crippen molar-refractivity contribution in [1.29, 1.82) is 0 Å². The zero-order valence-electron chi connectivity index (χ0n) is 23.2. The summed E-state index contributed by atoms with van der Waals surface area (Å²) < 4.78 is 93.6. The smallest absolute Gasteiger partial charge is 0.406 e. The second kappa shape index (κ2) is 12.8. The van der Waals surface area contributed by atoms with Gasteiger partial charge in [0.05, 0.1) is 10.6 Å². The van der Waals surface area contributed by atoms with Crippen LogP contribution in [0.2, 0.25) is 0 Å². The number of nitrogens with one attached hydrogen (secondary N) is 1. The fraction of sp³-hybridized carbons (Fsp3) is 0.385. The van der Waals surface area contributed by atoms with Gasteiger partial charge >= 0.3 is 6.36 Å². The Morgan fingerprint density at radius 2 is 1.70 bits per heavy atom. The van der Waals surface area contributed by atoms with Gasteiger partial charge in [-0.3, -0.25) is 4.79 Å². The first-order chi connectivity index (χ1) is 20.1. The molecule has 1 fully saturated rings. The first-order valence-electron chi connectivity index (χ1n) is 13.1. The highest BCUT2D eigenvalue weighted by Crippen LogP contribution is 2.32. The molecule has 11 nitrogen and oxygen atoms in total. The van der Waals surface area contributed by atoms with E-state index in [1.165, 1.54) is 6.92 Å². The molecule has 3 aromatic rings. The molecule has 43 heavy (non-hydrogen) atoms. The minimum absolute atomic E-state index is 0.0498. The predicted octanol–water partition coefficient (Wildman–Crippen LogP) is 3.15. The highest BCUT2D eigenvalue weighted by atomic mass is 32.2. The van der Waals surface area contributed by atoms with Gasteiger partial charge in [0.1, 0.15) is 11.8 Å². The third kappa shape index (κ3) is 8.03. The summed E-state index contributed by atoms with van der Waals surface area (Å²) in [6, 6.07) is 10.0. The van der Waals surface area contributed by atoms with E-state index in [0.717, 1.165) is 63.9 Å². The molecule has 1 amide bonds. The van der Waals surface area contributed by atoms with Crippen LogP contribution in [0, 0.1) is 6.92 Å². The molecule has 1 saturated heterocycles. The molecule has 1 aliphatic heterocycles. The minimum Gasteiger partial charge on any atom is -0.406 e.